The largest absolute Gasteiger partial charge is 0.496 e. The van der Waals surface area contributed by atoms with E-state index in [4.69, 9.17) is 4.74 Å². The molecule has 25 heavy (non-hydrogen) atoms. The molecule has 1 aliphatic rings. The van der Waals surface area contributed by atoms with Crippen molar-refractivity contribution in [2.24, 2.45) is 0 Å². The zero-order valence-electron chi connectivity index (χ0n) is 14.1. The fourth-order valence-electron chi connectivity index (χ4n) is 3.39. The predicted octanol–water partition coefficient (Wildman–Crippen LogP) is 4.80. The zero-order valence-corrected chi connectivity index (χ0v) is 14.1. The van der Waals surface area contributed by atoms with Crippen LogP contribution in [0.4, 0.5) is 22.0 Å². The summed E-state index contributed by atoms with van der Waals surface area (Å²) in [4.78, 5) is 0. The third-order valence-electron chi connectivity index (χ3n) is 5.10. The van der Waals surface area contributed by atoms with Gasteiger partial charge in [-0.25, -0.2) is 8.78 Å². The van der Waals surface area contributed by atoms with E-state index in [9.17, 15) is 22.0 Å². The molecule has 0 saturated carbocycles. The van der Waals surface area contributed by atoms with Gasteiger partial charge >= 0.3 is 6.18 Å². The van der Waals surface area contributed by atoms with Crippen molar-refractivity contribution in [2.75, 3.05) is 7.11 Å². The smallest absolute Gasteiger partial charge is 0.422 e. The van der Waals surface area contributed by atoms with Crippen LogP contribution in [0.2, 0.25) is 0 Å². The zero-order chi connectivity index (χ0) is 18.7. The molecule has 0 fully saturated rings. The molecular formula is C18H17F5NO+. The fourth-order valence-corrected chi connectivity index (χ4v) is 3.39. The second-order valence-electron chi connectivity index (χ2n) is 6.71. The van der Waals surface area contributed by atoms with E-state index in [1.165, 1.54) is 13.2 Å². The highest BCUT2D eigenvalue weighted by molar-refractivity contribution is 5.67. The second-order valence-corrected chi connectivity index (χ2v) is 6.71. The van der Waals surface area contributed by atoms with Crippen molar-refractivity contribution in [3.8, 4) is 17.0 Å². The van der Waals surface area contributed by atoms with Crippen LogP contribution in [0.5, 0.6) is 5.75 Å². The van der Waals surface area contributed by atoms with Gasteiger partial charge in [0.1, 0.15) is 17.1 Å². The lowest BCUT2D eigenvalue weighted by molar-refractivity contribution is -0.753. The number of ether oxygens (including phenoxy) is 1. The number of fused-ring (bicyclic) bond motifs is 3. The average Bonchev–Trinajstić information content (AvgIpc) is 2.50. The van der Waals surface area contributed by atoms with Crippen LogP contribution in [0.25, 0.3) is 11.3 Å². The fraction of sp³-hybridized carbons (Fsp3) is 0.389. The van der Waals surface area contributed by atoms with Crippen LogP contribution < -0.4 is 9.30 Å². The Morgan fingerprint density at radius 3 is 2.36 bits per heavy atom. The van der Waals surface area contributed by atoms with Crippen molar-refractivity contribution in [2.45, 2.75) is 38.4 Å². The minimum atomic E-state index is -5.12. The van der Waals surface area contributed by atoms with Gasteiger partial charge in [-0.3, -0.25) is 0 Å². The summed E-state index contributed by atoms with van der Waals surface area (Å²) in [5, 5.41) is 0. The molecule has 0 saturated heterocycles. The van der Waals surface area contributed by atoms with E-state index in [1.54, 1.807) is 23.8 Å². The maximum absolute atomic E-state index is 14.8. The number of aromatic nitrogens is 1. The first-order valence-corrected chi connectivity index (χ1v) is 7.69. The van der Waals surface area contributed by atoms with Crippen molar-refractivity contribution in [3.05, 3.63) is 47.2 Å². The van der Waals surface area contributed by atoms with E-state index < -0.39 is 34.8 Å². The molecule has 0 amide bonds. The summed E-state index contributed by atoms with van der Waals surface area (Å²) >= 11 is 0. The molecule has 7 heteroatoms. The first-order chi connectivity index (χ1) is 11.5. The first kappa shape index (κ1) is 17.6. The van der Waals surface area contributed by atoms with E-state index in [2.05, 4.69) is 0 Å². The van der Waals surface area contributed by atoms with Gasteiger partial charge in [-0.1, -0.05) is 6.92 Å². The molecule has 134 valence electrons. The molecule has 0 aliphatic carbocycles. The molecule has 1 aromatic carbocycles. The molecule has 0 spiro atoms. The number of hydrogen-bond donors (Lipinski definition) is 0. The van der Waals surface area contributed by atoms with Gasteiger partial charge in [-0.15, -0.1) is 0 Å². The van der Waals surface area contributed by atoms with E-state index in [0.717, 1.165) is 6.07 Å². The van der Waals surface area contributed by atoms with Crippen LogP contribution in [0.1, 0.15) is 37.8 Å². The highest BCUT2D eigenvalue weighted by Gasteiger charge is 2.49. The summed E-state index contributed by atoms with van der Waals surface area (Å²) in [5.74, 6) is -3.21. The van der Waals surface area contributed by atoms with E-state index in [-0.39, 0.29) is 16.8 Å². The van der Waals surface area contributed by atoms with Crippen molar-refractivity contribution in [3.63, 3.8) is 0 Å². The molecule has 1 unspecified atom stereocenters. The molecule has 0 N–H and O–H groups in total. The Morgan fingerprint density at radius 2 is 1.80 bits per heavy atom. The van der Waals surface area contributed by atoms with E-state index >= 15 is 0 Å². The quantitative estimate of drug-likeness (QED) is 0.527. The van der Waals surface area contributed by atoms with Gasteiger partial charge < -0.3 is 4.74 Å². The summed E-state index contributed by atoms with van der Waals surface area (Å²) in [7, 11) is 1.41. The molecule has 1 atom stereocenters. The summed E-state index contributed by atoms with van der Waals surface area (Å²) in [6, 6.07) is 3.92. The molecule has 2 nitrogen and oxygen atoms in total. The van der Waals surface area contributed by atoms with Crippen molar-refractivity contribution in [1.29, 1.82) is 0 Å². The molecule has 3 rings (SSSR count). The maximum atomic E-state index is 14.8. The van der Waals surface area contributed by atoms with E-state index in [0.29, 0.717) is 5.75 Å². The van der Waals surface area contributed by atoms with Crippen molar-refractivity contribution in [1.82, 2.24) is 0 Å². The van der Waals surface area contributed by atoms with Crippen LogP contribution in [0.3, 0.4) is 0 Å². The lowest BCUT2D eigenvalue weighted by Gasteiger charge is -2.34. The summed E-state index contributed by atoms with van der Waals surface area (Å²) < 4.78 is 75.2. The van der Waals surface area contributed by atoms with Gasteiger partial charge in [-0.2, -0.15) is 17.7 Å². The molecule has 1 aliphatic heterocycles. The van der Waals surface area contributed by atoms with Crippen molar-refractivity contribution < 1.29 is 31.3 Å². The summed E-state index contributed by atoms with van der Waals surface area (Å²) in [5.41, 5.74) is -2.26. The summed E-state index contributed by atoms with van der Waals surface area (Å²) in [6.07, 6.45) is -3.48. The first-order valence-electron chi connectivity index (χ1n) is 7.69. The number of alkyl halides is 3. The van der Waals surface area contributed by atoms with Crippen LogP contribution in [0, 0.1) is 11.6 Å². The highest BCUT2D eigenvalue weighted by Crippen LogP contribution is 2.46. The predicted molar refractivity (Wildman–Crippen MR) is 81.3 cm³/mol. The Labute approximate surface area is 141 Å². The van der Waals surface area contributed by atoms with Gasteiger partial charge in [0, 0.05) is 25.8 Å². The second kappa shape index (κ2) is 5.41. The normalized spacial score (nSPS) is 18.5. The van der Waals surface area contributed by atoms with Gasteiger partial charge in [0.25, 0.3) is 0 Å². The Morgan fingerprint density at radius 1 is 1.16 bits per heavy atom. The maximum Gasteiger partial charge on any atom is 0.422 e. The average molecular weight is 358 g/mol. The van der Waals surface area contributed by atoms with Crippen LogP contribution >= 0.6 is 0 Å². The lowest BCUT2D eigenvalue weighted by atomic mass is 9.76. The number of nitrogens with zero attached hydrogens (tertiary/aromatic N) is 1. The third-order valence-corrected chi connectivity index (χ3v) is 5.10. The van der Waals surface area contributed by atoms with Crippen molar-refractivity contribution >= 4 is 0 Å². The number of pyridine rings is 1. The Balaban J connectivity index is 2.44. The topological polar surface area (TPSA) is 13.1 Å². The highest BCUT2D eigenvalue weighted by atomic mass is 19.4. The summed E-state index contributed by atoms with van der Waals surface area (Å²) in [6.45, 7) is 5.47. The van der Waals surface area contributed by atoms with Gasteiger partial charge in [0.15, 0.2) is 17.6 Å². The molecule has 0 radical (unpaired) electrons. The molecule has 2 heterocycles. The third kappa shape index (κ3) is 2.48. The number of rotatable bonds is 1. The van der Waals surface area contributed by atoms with Crippen LogP contribution in [0.15, 0.2) is 24.4 Å². The minimum absolute atomic E-state index is 0.209. The van der Waals surface area contributed by atoms with Crippen LogP contribution in [-0.4, -0.2) is 7.11 Å². The molecule has 2 aromatic rings. The SMILES string of the molecule is COc1cc[n+]2c(c1)-c1c(cc(F)c(C(F)(F)F)c1F)C(C)C2(C)C. The number of methoxy groups -OCH3 is 1. The Bertz CT molecular complexity index is 858. The molecule has 1 aromatic heterocycles. The molecular weight excluding hydrogens is 341 g/mol. The minimum Gasteiger partial charge on any atom is -0.496 e. The standard InChI is InChI=1S/C18H17F5NO/c1-9-11-8-12(19)15(18(21,22)23)16(20)14(11)13-7-10(25-4)5-6-24(13)17(9,2)3/h5-9H,1-4H3/q+1. The van der Waals surface area contributed by atoms with E-state index in [1.807, 2.05) is 13.8 Å². The van der Waals surface area contributed by atoms with Gasteiger partial charge in [0.05, 0.1) is 18.7 Å². The Kier molecular flexibility index (Phi) is 3.82. The lowest BCUT2D eigenvalue weighted by Crippen LogP contribution is -2.58. The Hall–Kier alpha value is -2.18. The number of hydrogen-bond acceptors (Lipinski definition) is 1. The number of benzene rings is 1. The number of halogens is 5. The van der Waals surface area contributed by atoms with Gasteiger partial charge in [0.2, 0.25) is 5.69 Å². The van der Waals surface area contributed by atoms with Gasteiger partial charge in [-0.05, 0) is 11.6 Å². The van der Waals surface area contributed by atoms with Crippen LogP contribution in [-0.2, 0) is 11.7 Å². The monoisotopic (exact) mass is 358 g/mol. The molecule has 0 bridgehead atoms.